The molecule has 0 spiro atoms. The molecule has 1 saturated heterocycles. The largest absolute Gasteiger partial charge is 0.416 e. The van der Waals surface area contributed by atoms with Crippen LogP contribution in [0.5, 0.6) is 0 Å². The first-order chi connectivity index (χ1) is 12.8. The third-order valence-electron chi connectivity index (χ3n) is 3.76. The molecular weight excluding hydrogens is 363 g/mol. The number of para-hydroxylation sites is 1. The van der Waals surface area contributed by atoms with E-state index >= 15 is 0 Å². The minimum absolute atomic E-state index is 0.294. The number of urea groups is 1. The molecule has 27 heavy (non-hydrogen) atoms. The number of hydrogen-bond donors (Lipinski definition) is 1. The number of anilines is 1. The van der Waals surface area contributed by atoms with Crippen LogP contribution in [0.15, 0.2) is 59.6 Å². The summed E-state index contributed by atoms with van der Waals surface area (Å²) in [6, 6.07) is 11.0. The number of aliphatic imine (C=N–C) groups is 1. The smallest absolute Gasteiger partial charge is 0.276 e. The third-order valence-corrected chi connectivity index (χ3v) is 3.76. The van der Waals surface area contributed by atoms with E-state index in [1.807, 2.05) is 5.32 Å². The molecule has 4 amide bonds. The lowest BCUT2D eigenvalue weighted by Gasteiger charge is -2.28. The Morgan fingerprint density at radius 2 is 1.70 bits per heavy atom. The number of amides is 4. The number of nitrogens with zero attached hydrogens (tertiary/aromatic N) is 2. The molecule has 0 aliphatic carbocycles. The second-order valence-corrected chi connectivity index (χ2v) is 5.61. The van der Waals surface area contributed by atoms with Crippen LogP contribution in [0.25, 0.3) is 0 Å². The first-order valence-electron chi connectivity index (χ1n) is 7.72. The fraction of sp³-hybridized carbons (Fsp3) is 0.111. The molecule has 1 heterocycles. The van der Waals surface area contributed by atoms with Gasteiger partial charge < -0.3 is 0 Å². The van der Waals surface area contributed by atoms with Crippen molar-refractivity contribution >= 4 is 35.4 Å². The predicted molar refractivity (Wildman–Crippen MR) is 90.6 cm³/mol. The van der Waals surface area contributed by atoms with Gasteiger partial charge in [-0.1, -0.05) is 24.3 Å². The maximum Gasteiger partial charge on any atom is 0.416 e. The number of carbonyl (C=O) groups excluding carboxylic acids is 3. The molecule has 0 aromatic heterocycles. The quantitative estimate of drug-likeness (QED) is 0.660. The molecule has 1 atom stereocenters. The Morgan fingerprint density at radius 3 is 2.37 bits per heavy atom. The Hall–Kier alpha value is -3.49. The van der Waals surface area contributed by atoms with Gasteiger partial charge in [-0.2, -0.15) is 13.2 Å². The van der Waals surface area contributed by atoms with E-state index in [9.17, 15) is 27.6 Å². The topological polar surface area (TPSA) is 78.8 Å². The van der Waals surface area contributed by atoms with Crippen LogP contribution < -0.4 is 10.2 Å². The molecular formula is C18H12F3N3O3. The zero-order valence-corrected chi connectivity index (χ0v) is 13.6. The second kappa shape index (κ2) is 7.02. The summed E-state index contributed by atoms with van der Waals surface area (Å²) in [5.41, 5.74) is -0.842. The van der Waals surface area contributed by atoms with E-state index in [-0.39, 0.29) is 5.69 Å². The fourth-order valence-electron chi connectivity index (χ4n) is 2.46. The van der Waals surface area contributed by atoms with E-state index in [4.69, 9.17) is 0 Å². The van der Waals surface area contributed by atoms with E-state index in [0.29, 0.717) is 16.7 Å². The van der Waals surface area contributed by atoms with Crippen molar-refractivity contribution in [2.45, 2.75) is 6.18 Å². The molecule has 1 fully saturated rings. The molecule has 2 aromatic rings. The number of alkyl halides is 3. The first kappa shape index (κ1) is 18.3. The molecule has 6 nitrogen and oxygen atoms in total. The Bertz CT molecular complexity index is 926. The molecule has 1 aliphatic heterocycles. The molecule has 3 rings (SSSR count). The van der Waals surface area contributed by atoms with E-state index in [2.05, 4.69) is 4.99 Å². The van der Waals surface area contributed by atoms with Crippen LogP contribution in [-0.4, -0.2) is 24.1 Å². The van der Waals surface area contributed by atoms with E-state index in [0.717, 1.165) is 18.3 Å². The summed E-state index contributed by atoms with van der Waals surface area (Å²) in [5.74, 6) is -3.33. The van der Waals surface area contributed by atoms with Gasteiger partial charge in [0, 0.05) is 6.21 Å². The Labute approximate surface area is 151 Å². The maximum absolute atomic E-state index is 12.9. The highest BCUT2D eigenvalue weighted by Crippen LogP contribution is 2.32. The van der Waals surface area contributed by atoms with Gasteiger partial charge in [0.1, 0.15) is 0 Å². The minimum Gasteiger partial charge on any atom is -0.276 e. The van der Waals surface area contributed by atoms with Gasteiger partial charge >= 0.3 is 12.2 Å². The summed E-state index contributed by atoms with van der Waals surface area (Å²) in [6.07, 6.45) is -3.59. The van der Waals surface area contributed by atoms with Crippen LogP contribution in [0, 0.1) is 5.92 Å². The summed E-state index contributed by atoms with van der Waals surface area (Å²) in [5, 5.41) is 1.96. The van der Waals surface area contributed by atoms with Crippen molar-refractivity contribution in [3.8, 4) is 0 Å². The summed E-state index contributed by atoms with van der Waals surface area (Å²) >= 11 is 0. The second-order valence-electron chi connectivity index (χ2n) is 5.61. The van der Waals surface area contributed by atoms with Crippen LogP contribution >= 0.6 is 0 Å². The lowest BCUT2D eigenvalue weighted by Crippen LogP contribution is -2.58. The van der Waals surface area contributed by atoms with Crippen molar-refractivity contribution in [3.05, 3.63) is 60.2 Å². The van der Waals surface area contributed by atoms with Crippen molar-refractivity contribution < 1.29 is 27.6 Å². The van der Waals surface area contributed by atoms with Gasteiger partial charge in [-0.3, -0.25) is 19.9 Å². The molecule has 1 N–H and O–H groups in total. The molecule has 0 unspecified atom stereocenters. The number of rotatable bonds is 3. The highest BCUT2D eigenvalue weighted by Gasteiger charge is 2.41. The number of barbiturate groups is 1. The van der Waals surface area contributed by atoms with Crippen LogP contribution in [-0.2, 0) is 15.8 Å². The van der Waals surface area contributed by atoms with Crippen molar-refractivity contribution in [3.63, 3.8) is 0 Å². The van der Waals surface area contributed by atoms with Crippen molar-refractivity contribution in [1.29, 1.82) is 0 Å². The zero-order chi connectivity index (χ0) is 19.6. The van der Waals surface area contributed by atoms with Crippen LogP contribution in [0.2, 0.25) is 0 Å². The number of hydrogen-bond acceptors (Lipinski definition) is 4. The highest BCUT2D eigenvalue weighted by molar-refractivity contribution is 6.32. The molecule has 138 valence electrons. The lowest BCUT2D eigenvalue weighted by atomic mass is 10.1. The Kier molecular flexibility index (Phi) is 4.76. The first-order valence-corrected chi connectivity index (χ1v) is 7.72. The van der Waals surface area contributed by atoms with Gasteiger partial charge in [-0.25, -0.2) is 9.69 Å². The molecule has 1 aliphatic rings. The standard InChI is InChI=1S/C18H12F3N3O3/c19-18(20,21)11-5-4-8-13(9-11)24-16(26)14(15(25)23-17(24)27)10-22-12-6-2-1-3-7-12/h1-10,14H,(H,23,25,27)/t14-/m1/s1. The van der Waals surface area contributed by atoms with Crippen molar-refractivity contribution in [2.24, 2.45) is 10.9 Å². The van der Waals surface area contributed by atoms with Crippen molar-refractivity contribution in [1.82, 2.24) is 5.32 Å². The third kappa shape index (κ3) is 3.86. The van der Waals surface area contributed by atoms with Gasteiger partial charge in [0.15, 0.2) is 5.92 Å². The zero-order valence-electron chi connectivity index (χ0n) is 13.6. The van der Waals surface area contributed by atoms with E-state index in [1.165, 1.54) is 6.07 Å². The molecule has 0 radical (unpaired) electrons. The van der Waals surface area contributed by atoms with Crippen LogP contribution in [0.3, 0.4) is 0 Å². The maximum atomic E-state index is 12.9. The van der Waals surface area contributed by atoms with E-state index < -0.39 is 35.5 Å². The van der Waals surface area contributed by atoms with Gasteiger partial charge in [0.25, 0.3) is 5.91 Å². The number of imide groups is 2. The van der Waals surface area contributed by atoms with Crippen LogP contribution in [0.4, 0.5) is 29.3 Å². The monoisotopic (exact) mass is 375 g/mol. The SMILES string of the molecule is O=C1NC(=O)N(c2cccc(C(F)(F)F)c2)C(=O)[C@@H]1C=Nc1ccccc1. The van der Waals surface area contributed by atoms with Crippen molar-refractivity contribution in [2.75, 3.05) is 4.90 Å². The van der Waals surface area contributed by atoms with Gasteiger partial charge in [-0.15, -0.1) is 0 Å². The average Bonchev–Trinajstić information content (AvgIpc) is 2.61. The van der Waals surface area contributed by atoms with Gasteiger partial charge in [-0.05, 0) is 30.3 Å². The predicted octanol–water partition coefficient (Wildman–Crippen LogP) is 3.31. The summed E-state index contributed by atoms with van der Waals surface area (Å²) in [4.78, 5) is 41.1. The lowest BCUT2D eigenvalue weighted by molar-refractivity contribution is -0.138. The Balaban J connectivity index is 1.92. The number of halogens is 3. The molecule has 2 aromatic carbocycles. The molecule has 9 heteroatoms. The number of benzene rings is 2. The fourth-order valence-corrected chi connectivity index (χ4v) is 2.46. The summed E-state index contributed by atoms with van der Waals surface area (Å²) in [6.45, 7) is 0. The molecule has 0 bridgehead atoms. The highest BCUT2D eigenvalue weighted by atomic mass is 19.4. The summed E-state index contributed by atoms with van der Waals surface area (Å²) < 4.78 is 38.7. The van der Waals surface area contributed by atoms with E-state index in [1.54, 1.807) is 30.3 Å². The Morgan fingerprint density at radius 1 is 1.00 bits per heavy atom. The normalized spacial score (nSPS) is 18.1. The van der Waals surface area contributed by atoms with Gasteiger partial charge in [0.2, 0.25) is 5.91 Å². The number of carbonyl (C=O) groups is 3. The summed E-state index contributed by atoms with van der Waals surface area (Å²) in [7, 11) is 0. The van der Waals surface area contributed by atoms with Crippen LogP contribution in [0.1, 0.15) is 5.56 Å². The molecule has 0 saturated carbocycles. The minimum atomic E-state index is -4.64. The number of nitrogens with one attached hydrogen (secondary N) is 1. The van der Waals surface area contributed by atoms with Gasteiger partial charge in [0.05, 0.1) is 16.9 Å². The average molecular weight is 375 g/mol.